The van der Waals surface area contributed by atoms with Crippen LogP contribution >= 0.6 is 11.6 Å². The van der Waals surface area contributed by atoms with E-state index in [-0.39, 0.29) is 11.9 Å². The summed E-state index contributed by atoms with van der Waals surface area (Å²) < 4.78 is 0. The lowest BCUT2D eigenvalue weighted by Crippen LogP contribution is -2.40. The molecule has 2 rings (SSSR count). The van der Waals surface area contributed by atoms with Crippen molar-refractivity contribution in [3.05, 3.63) is 28.8 Å². The average molecular weight is 281 g/mol. The Morgan fingerprint density at radius 2 is 1.89 bits per heavy atom. The van der Waals surface area contributed by atoms with Gasteiger partial charge in [-0.3, -0.25) is 4.79 Å². The molecule has 1 aromatic rings. The molecule has 4 heteroatoms. The molecule has 1 aliphatic carbocycles. The number of carbonyl (C=O) groups is 1. The van der Waals surface area contributed by atoms with Gasteiger partial charge in [-0.25, -0.2) is 0 Å². The first-order valence-electron chi connectivity index (χ1n) is 6.82. The number of nitrogens with one attached hydrogen (secondary N) is 1. The number of anilines is 1. The van der Waals surface area contributed by atoms with Crippen molar-refractivity contribution in [2.75, 3.05) is 5.73 Å². The second-order valence-electron chi connectivity index (χ2n) is 5.79. The number of carbonyl (C=O) groups excluding carboxylic acids is 1. The van der Waals surface area contributed by atoms with Crippen molar-refractivity contribution < 1.29 is 4.79 Å². The Morgan fingerprint density at radius 3 is 2.47 bits per heavy atom. The molecule has 0 heterocycles. The number of nitrogen functional groups attached to an aromatic ring is 1. The van der Waals surface area contributed by atoms with Crippen molar-refractivity contribution in [3.8, 4) is 0 Å². The molecule has 0 radical (unpaired) electrons. The zero-order valence-corrected chi connectivity index (χ0v) is 12.2. The Balaban J connectivity index is 2.09. The molecule has 3 nitrogen and oxygen atoms in total. The van der Waals surface area contributed by atoms with Crippen LogP contribution in [0.15, 0.2) is 18.2 Å². The van der Waals surface area contributed by atoms with Gasteiger partial charge in [0.1, 0.15) is 0 Å². The minimum Gasteiger partial charge on any atom is -0.398 e. The molecule has 1 saturated carbocycles. The van der Waals surface area contributed by atoms with Gasteiger partial charge < -0.3 is 11.1 Å². The van der Waals surface area contributed by atoms with Crippen LogP contribution in [0.2, 0.25) is 5.02 Å². The lowest BCUT2D eigenvalue weighted by Gasteiger charge is -2.32. The van der Waals surface area contributed by atoms with Crippen molar-refractivity contribution in [3.63, 3.8) is 0 Å². The fourth-order valence-corrected chi connectivity index (χ4v) is 3.37. The predicted octanol–water partition coefficient (Wildman–Crippen LogP) is 3.48. The first-order chi connectivity index (χ1) is 8.97. The smallest absolute Gasteiger partial charge is 0.255 e. The van der Waals surface area contributed by atoms with Crippen molar-refractivity contribution in [1.29, 1.82) is 0 Å². The average Bonchev–Trinajstić information content (AvgIpc) is 2.26. The van der Waals surface area contributed by atoms with Crippen LogP contribution in [0, 0.1) is 11.8 Å². The van der Waals surface area contributed by atoms with Gasteiger partial charge in [0.25, 0.3) is 5.91 Å². The van der Waals surface area contributed by atoms with Crippen molar-refractivity contribution in [2.45, 2.75) is 39.2 Å². The summed E-state index contributed by atoms with van der Waals surface area (Å²) in [7, 11) is 0. The Labute approximate surface area is 119 Å². The molecule has 2 unspecified atom stereocenters. The van der Waals surface area contributed by atoms with Crippen molar-refractivity contribution in [1.82, 2.24) is 5.32 Å². The number of amides is 1. The second kappa shape index (κ2) is 5.83. The highest BCUT2D eigenvalue weighted by molar-refractivity contribution is 6.34. The molecular formula is C15H21ClN2O. The lowest BCUT2D eigenvalue weighted by atomic mass is 9.80. The predicted molar refractivity (Wildman–Crippen MR) is 79.3 cm³/mol. The molecule has 0 aliphatic heterocycles. The summed E-state index contributed by atoms with van der Waals surface area (Å²) in [6.07, 6.45) is 3.29. The van der Waals surface area contributed by atoms with Crippen molar-refractivity contribution >= 4 is 23.2 Å². The summed E-state index contributed by atoms with van der Waals surface area (Å²) in [5.74, 6) is 1.14. The lowest BCUT2D eigenvalue weighted by molar-refractivity contribution is 0.0912. The number of rotatable bonds is 2. The van der Waals surface area contributed by atoms with Crippen LogP contribution < -0.4 is 11.1 Å². The van der Waals surface area contributed by atoms with E-state index in [9.17, 15) is 4.79 Å². The van der Waals surface area contributed by atoms with E-state index < -0.39 is 0 Å². The molecule has 104 valence electrons. The molecule has 2 atom stereocenters. The maximum absolute atomic E-state index is 12.3. The number of hydrogen-bond acceptors (Lipinski definition) is 2. The van der Waals surface area contributed by atoms with Crippen LogP contribution in [0.1, 0.15) is 43.5 Å². The third kappa shape index (κ3) is 3.41. The minimum absolute atomic E-state index is 0.158. The first kappa shape index (κ1) is 14.2. The maximum Gasteiger partial charge on any atom is 0.255 e. The molecule has 19 heavy (non-hydrogen) atoms. The standard InChI is InChI=1S/C15H21ClN2O/c1-9-6-10(2)8-11(7-9)18-15(19)14-12(16)4-3-5-13(14)17/h3-5,9-11H,6-8,17H2,1-2H3,(H,18,19). The van der Waals surface area contributed by atoms with Gasteiger partial charge in [0, 0.05) is 11.7 Å². The van der Waals surface area contributed by atoms with E-state index >= 15 is 0 Å². The molecule has 1 amide bonds. The molecule has 1 aromatic carbocycles. The number of benzene rings is 1. The van der Waals surface area contributed by atoms with E-state index in [0.717, 1.165) is 12.8 Å². The van der Waals surface area contributed by atoms with Gasteiger partial charge in [0.15, 0.2) is 0 Å². The summed E-state index contributed by atoms with van der Waals surface area (Å²) in [6, 6.07) is 5.37. The van der Waals surface area contributed by atoms with E-state index in [1.165, 1.54) is 6.42 Å². The highest BCUT2D eigenvalue weighted by atomic mass is 35.5. The summed E-state index contributed by atoms with van der Waals surface area (Å²) in [6.45, 7) is 4.47. The van der Waals surface area contributed by atoms with Gasteiger partial charge in [0.05, 0.1) is 10.6 Å². The Morgan fingerprint density at radius 1 is 1.26 bits per heavy atom. The van der Waals surface area contributed by atoms with E-state index in [4.69, 9.17) is 17.3 Å². The largest absolute Gasteiger partial charge is 0.398 e. The molecule has 0 saturated heterocycles. The quantitative estimate of drug-likeness (QED) is 0.815. The van der Waals surface area contributed by atoms with Gasteiger partial charge in [-0.15, -0.1) is 0 Å². The van der Waals surface area contributed by atoms with E-state index in [0.29, 0.717) is 28.1 Å². The molecule has 0 spiro atoms. The summed E-state index contributed by atoms with van der Waals surface area (Å²) in [5.41, 5.74) is 6.67. The van der Waals surface area contributed by atoms with E-state index in [2.05, 4.69) is 19.2 Å². The highest BCUT2D eigenvalue weighted by Crippen LogP contribution is 2.29. The molecule has 0 aromatic heterocycles. The van der Waals surface area contributed by atoms with Gasteiger partial charge >= 0.3 is 0 Å². The molecule has 1 fully saturated rings. The van der Waals surface area contributed by atoms with Crippen LogP contribution in [0.3, 0.4) is 0 Å². The van der Waals surface area contributed by atoms with Crippen LogP contribution in [-0.4, -0.2) is 11.9 Å². The van der Waals surface area contributed by atoms with Gasteiger partial charge in [-0.2, -0.15) is 0 Å². The zero-order chi connectivity index (χ0) is 14.0. The van der Waals surface area contributed by atoms with Crippen LogP contribution in [-0.2, 0) is 0 Å². The fraction of sp³-hybridized carbons (Fsp3) is 0.533. The first-order valence-corrected chi connectivity index (χ1v) is 7.20. The van der Waals surface area contributed by atoms with Crippen LogP contribution in [0.25, 0.3) is 0 Å². The topological polar surface area (TPSA) is 55.1 Å². The molecular weight excluding hydrogens is 260 g/mol. The maximum atomic E-state index is 12.3. The number of nitrogens with two attached hydrogens (primary N) is 1. The number of hydrogen-bond donors (Lipinski definition) is 2. The van der Waals surface area contributed by atoms with E-state index in [1.807, 2.05) is 0 Å². The Kier molecular flexibility index (Phi) is 4.35. The molecule has 3 N–H and O–H groups in total. The van der Waals surface area contributed by atoms with Crippen molar-refractivity contribution in [2.24, 2.45) is 11.8 Å². The molecule has 1 aliphatic rings. The van der Waals surface area contributed by atoms with Gasteiger partial charge in [-0.05, 0) is 43.2 Å². The second-order valence-corrected chi connectivity index (χ2v) is 6.20. The van der Waals surface area contributed by atoms with Crippen LogP contribution in [0.4, 0.5) is 5.69 Å². The zero-order valence-electron chi connectivity index (χ0n) is 11.4. The highest BCUT2D eigenvalue weighted by Gasteiger charge is 2.26. The molecule has 0 bridgehead atoms. The third-order valence-corrected chi connectivity index (χ3v) is 4.10. The minimum atomic E-state index is -0.158. The summed E-state index contributed by atoms with van der Waals surface area (Å²) in [5, 5.41) is 3.49. The van der Waals surface area contributed by atoms with E-state index in [1.54, 1.807) is 18.2 Å². The SMILES string of the molecule is CC1CC(C)CC(NC(=O)c2c(N)cccc2Cl)C1. The monoisotopic (exact) mass is 280 g/mol. The Hall–Kier alpha value is -1.22. The fourth-order valence-electron chi connectivity index (χ4n) is 3.10. The van der Waals surface area contributed by atoms with Gasteiger partial charge in [0.2, 0.25) is 0 Å². The third-order valence-electron chi connectivity index (χ3n) is 3.79. The van der Waals surface area contributed by atoms with Gasteiger partial charge in [-0.1, -0.05) is 31.5 Å². The number of halogens is 1. The summed E-state index contributed by atoms with van der Waals surface area (Å²) >= 11 is 6.06. The Bertz CT molecular complexity index is 445. The van der Waals surface area contributed by atoms with Crippen LogP contribution in [0.5, 0.6) is 0 Å². The normalized spacial score (nSPS) is 27.0. The summed E-state index contributed by atoms with van der Waals surface area (Å²) in [4.78, 5) is 12.3.